The van der Waals surface area contributed by atoms with E-state index < -0.39 is 4.92 Å². The Labute approximate surface area is 153 Å². The minimum absolute atomic E-state index is 0.120. The van der Waals surface area contributed by atoms with Crippen molar-refractivity contribution in [3.63, 3.8) is 0 Å². The highest BCUT2D eigenvalue weighted by Gasteiger charge is 2.18. The number of nitrogens with one attached hydrogen (secondary N) is 1. The van der Waals surface area contributed by atoms with Gasteiger partial charge in [-0.05, 0) is 10.8 Å². The van der Waals surface area contributed by atoms with Gasteiger partial charge in [-0.2, -0.15) is 4.68 Å². The summed E-state index contributed by atoms with van der Waals surface area (Å²) in [6.07, 6.45) is 1.40. The zero-order valence-corrected chi connectivity index (χ0v) is 15.1. The van der Waals surface area contributed by atoms with Gasteiger partial charge in [0.25, 0.3) is 0 Å². The average Bonchev–Trinajstić information content (AvgIpc) is 3.23. The first kappa shape index (κ1) is 17.7. The molecule has 1 N–H and O–H groups in total. The summed E-state index contributed by atoms with van der Waals surface area (Å²) in [5.41, 5.74) is 1.85. The van der Waals surface area contributed by atoms with Crippen LogP contribution in [0.1, 0.15) is 24.6 Å². The third-order valence-electron chi connectivity index (χ3n) is 3.59. The second kappa shape index (κ2) is 7.44. The molecular formula is C17H17N5O3S. The first-order valence-electron chi connectivity index (χ1n) is 7.98. The number of benzene rings is 1. The van der Waals surface area contributed by atoms with Crippen molar-refractivity contribution in [3.8, 4) is 11.3 Å². The minimum atomic E-state index is -0.601. The van der Waals surface area contributed by atoms with Crippen molar-refractivity contribution in [2.24, 2.45) is 0 Å². The number of hydrogen-bond donors (Lipinski definition) is 1. The van der Waals surface area contributed by atoms with Crippen LogP contribution in [0.2, 0.25) is 0 Å². The highest BCUT2D eigenvalue weighted by molar-refractivity contribution is 7.16. The molecule has 1 aromatic carbocycles. The number of hydrogen-bond acceptors (Lipinski definition) is 6. The van der Waals surface area contributed by atoms with Crippen molar-refractivity contribution in [2.45, 2.75) is 26.3 Å². The van der Waals surface area contributed by atoms with Gasteiger partial charge in [0.15, 0.2) is 5.13 Å². The Morgan fingerprint density at radius 1 is 1.31 bits per heavy atom. The van der Waals surface area contributed by atoms with Crippen molar-refractivity contribution in [1.29, 1.82) is 0 Å². The van der Waals surface area contributed by atoms with Gasteiger partial charge in [0.05, 0.1) is 23.1 Å². The number of nitro groups is 1. The van der Waals surface area contributed by atoms with Crippen molar-refractivity contribution in [3.05, 3.63) is 57.6 Å². The van der Waals surface area contributed by atoms with E-state index in [0.29, 0.717) is 5.13 Å². The Balaban J connectivity index is 1.77. The van der Waals surface area contributed by atoms with Crippen LogP contribution in [0.15, 0.2) is 42.6 Å². The summed E-state index contributed by atoms with van der Waals surface area (Å²) >= 11 is 1.43. The number of anilines is 1. The van der Waals surface area contributed by atoms with Crippen molar-refractivity contribution in [1.82, 2.24) is 14.8 Å². The molecule has 0 saturated heterocycles. The topological polar surface area (TPSA) is 103 Å². The smallest absolute Gasteiger partial charge is 0.358 e. The molecule has 0 radical (unpaired) electrons. The third-order valence-corrected chi connectivity index (χ3v) is 4.86. The van der Waals surface area contributed by atoms with E-state index in [-0.39, 0.29) is 24.2 Å². The Morgan fingerprint density at radius 3 is 2.65 bits per heavy atom. The second-order valence-electron chi connectivity index (χ2n) is 5.93. The van der Waals surface area contributed by atoms with Crippen LogP contribution < -0.4 is 5.32 Å². The summed E-state index contributed by atoms with van der Waals surface area (Å²) in [4.78, 5) is 27.9. The van der Waals surface area contributed by atoms with E-state index in [9.17, 15) is 14.9 Å². The summed E-state index contributed by atoms with van der Waals surface area (Å²) in [7, 11) is 0. The lowest BCUT2D eigenvalue weighted by Gasteiger charge is -2.04. The maximum Gasteiger partial charge on any atom is 0.389 e. The van der Waals surface area contributed by atoms with Gasteiger partial charge >= 0.3 is 5.82 Å². The second-order valence-corrected chi connectivity index (χ2v) is 6.96. The van der Waals surface area contributed by atoms with Crippen molar-refractivity contribution >= 4 is 28.2 Å². The number of carbonyl (C=O) groups excluding carboxylic acids is 1. The fourth-order valence-electron chi connectivity index (χ4n) is 2.42. The summed E-state index contributed by atoms with van der Waals surface area (Å²) in [6.45, 7) is 4.04. The molecular weight excluding hydrogens is 354 g/mol. The summed E-state index contributed by atoms with van der Waals surface area (Å²) < 4.78 is 1.22. The fourth-order valence-corrected chi connectivity index (χ4v) is 3.43. The average molecular weight is 371 g/mol. The maximum absolute atomic E-state index is 12.2. The maximum atomic E-state index is 12.2. The predicted octanol–water partition coefficient (Wildman–Crippen LogP) is 3.68. The fraction of sp³-hybridized carbons (Fsp3) is 0.235. The van der Waals surface area contributed by atoms with Gasteiger partial charge in [-0.25, -0.2) is 4.98 Å². The number of thiazole rings is 1. The van der Waals surface area contributed by atoms with E-state index in [1.54, 1.807) is 0 Å². The normalized spacial score (nSPS) is 10.9. The first-order chi connectivity index (χ1) is 12.4. The van der Waals surface area contributed by atoms with E-state index in [0.717, 1.165) is 16.1 Å². The molecule has 9 heteroatoms. The van der Waals surface area contributed by atoms with E-state index in [1.807, 2.05) is 30.3 Å². The molecule has 0 atom stereocenters. The molecule has 2 heterocycles. The SMILES string of the molecule is CC(C)c1sc(NC(=O)Cn2ccc([N+](=O)[O-])n2)nc1-c1ccccc1. The van der Waals surface area contributed by atoms with Crippen LogP contribution in [-0.4, -0.2) is 25.6 Å². The molecule has 0 aliphatic heterocycles. The molecule has 3 rings (SSSR count). The van der Waals surface area contributed by atoms with Crippen molar-refractivity contribution in [2.75, 3.05) is 5.32 Å². The van der Waals surface area contributed by atoms with Gasteiger partial charge in [-0.3, -0.25) is 4.79 Å². The standard InChI is InChI=1S/C17H17N5O3S/c1-11(2)16-15(12-6-4-3-5-7-12)19-17(26-16)18-14(23)10-21-9-8-13(20-21)22(24)25/h3-9,11H,10H2,1-2H3,(H,18,19,23). The van der Waals surface area contributed by atoms with E-state index in [4.69, 9.17) is 0 Å². The monoisotopic (exact) mass is 371 g/mol. The molecule has 134 valence electrons. The quantitative estimate of drug-likeness (QED) is 0.526. The molecule has 0 fully saturated rings. The molecule has 26 heavy (non-hydrogen) atoms. The zero-order valence-electron chi connectivity index (χ0n) is 14.2. The van der Waals surface area contributed by atoms with Gasteiger partial charge < -0.3 is 15.4 Å². The van der Waals surface area contributed by atoms with Crippen molar-refractivity contribution < 1.29 is 9.72 Å². The van der Waals surface area contributed by atoms with Crippen LogP contribution in [0.5, 0.6) is 0 Å². The Morgan fingerprint density at radius 2 is 2.04 bits per heavy atom. The van der Waals surface area contributed by atoms with Gasteiger partial charge in [0, 0.05) is 10.4 Å². The highest BCUT2D eigenvalue weighted by Crippen LogP contribution is 2.36. The molecule has 1 amide bonds. The third kappa shape index (κ3) is 3.94. The number of rotatable bonds is 6. The van der Waals surface area contributed by atoms with E-state index in [1.165, 1.54) is 28.3 Å². The van der Waals surface area contributed by atoms with Gasteiger partial charge in [0.1, 0.15) is 6.54 Å². The number of nitrogens with zero attached hydrogens (tertiary/aromatic N) is 4. The molecule has 8 nitrogen and oxygen atoms in total. The van der Waals surface area contributed by atoms with Gasteiger partial charge in [-0.1, -0.05) is 44.2 Å². The first-order valence-corrected chi connectivity index (χ1v) is 8.79. The Bertz CT molecular complexity index is 933. The largest absolute Gasteiger partial charge is 0.389 e. The molecule has 0 spiro atoms. The Kier molecular flexibility index (Phi) is 5.08. The minimum Gasteiger partial charge on any atom is -0.358 e. The van der Waals surface area contributed by atoms with Gasteiger partial charge in [-0.15, -0.1) is 11.3 Å². The lowest BCUT2D eigenvalue weighted by molar-refractivity contribution is -0.389. The Hall–Kier alpha value is -3.07. The van der Waals surface area contributed by atoms with Crippen LogP contribution in [0.4, 0.5) is 10.9 Å². The summed E-state index contributed by atoms with van der Waals surface area (Å²) in [6, 6.07) is 11.0. The predicted molar refractivity (Wildman–Crippen MR) is 99.2 cm³/mol. The van der Waals surface area contributed by atoms with Crippen LogP contribution in [0, 0.1) is 10.1 Å². The number of carbonyl (C=O) groups is 1. The van der Waals surface area contributed by atoms with Crippen LogP contribution in [0.3, 0.4) is 0 Å². The molecule has 3 aromatic rings. The zero-order chi connectivity index (χ0) is 18.7. The summed E-state index contributed by atoms with van der Waals surface area (Å²) in [5.74, 6) is -0.366. The van der Waals surface area contributed by atoms with Crippen LogP contribution in [-0.2, 0) is 11.3 Å². The molecule has 0 saturated carbocycles. The molecule has 2 aromatic heterocycles. The number of amides is 1. The molecule has 0 bridgehead atoms. The van der Waals surface area contributed by atoms with Crippen LogP contribution >= 0.6 is 11.3 Å². The lowest BCUT2D eigenvalue weighted by atomic mass is 10.1. The molecule has 0 aliphatic rings. The van der Waals surface area contributed by atoms with Crippen LogP contribution in [0.25, 0.3) is 11.3 Å². The summed E-state index contributed by atoms with van der Waals surface area (Å²) in [5, 5.41) is 17.6. The highest BCUT2D eigenvalue weighted by atomic mass is 32.1. The lowest BCUT2D eigenvalue weighted by Crippen LogP contribution is -2.19. The van der Waals surface area contributed by atoms with Gasteiger partial charge in [0.2, 0.25) is 5.91 Å². The molecule has 0 unspecified atom stereocenters. The number of aromatic nitrogens is 3. The van der Waals surface area contributed by atoms with E-state index >= 15 is 0 Å². The van der Waals surface area contributed by atoms with E-state index in [2.05, 4.69) is 29.2 Å². The molecule has 0 aliphatic carbocycles.